The molecule has 0 fully saturated rings. The van der Waals surface area contributed by atoms with Gasteiger partial charge in [-0.25, -0.2) is 8.42 Å². The highest BCUT2D eigenvalue weighted by molar-refractivity contribution is 7.92. The van der Waals surface area contributed by atoms with Crippen LogP contribution >= 0.6 is 0 Å². The van der Waals surface area contributed by atoms with Crippen LogP contribution in [0.3, 0.4) is 0 Å². The minimum Gasteiger partial charge on any atom is -0.497 e. The summed E-state index contributed by atoms with van der Waals surface area (Å²) in [6.45, 7) is 10.8. The number of sulfonamides is 1. The molecule has 3 rings (SSSR count). The van der Waals surface area contributed by atoms with Gasteiger partial charge in [0.15, 0.2) is 0 Å². The van der Waals surface area contributed by atoms with Gasteiger partial charge in [-0.2, -0.15) is 0 Å². The molecule has 0 spiro atoms. The maximum absolute atomic E-state index is 14.2. The van der Waals surface area contributed by atoms with Crippen molar-refractivity contribution < 1.29 is 22.7 Å². The van der Waals surface area contributed by atoms with Gasteiger partial charge in [0.2, 0.25) is 11.8 Å². The lowest BCUT2D eigenvalue weighted by atomic mass is 10.1. The molecule has 0 heterocycles. The Balaban J connectivity index is 2.10. The summed E-state index contributed by atoms with van der Waals surface area (Å²) in [4.78, 5) is 29.2. The third-order valence-electron chi connectivity index (χ3n) is 6.60. The van der Waals surface area contributed by atoms with Crippen molar-refractivity contribution in [3.63, 3.8) is 0 Å². The van der Waals surface area contributed by atoms with E-state index < -0.39 is 34.1 Å². The van der Waals surface area contributed by atoms with Gasteiger partial charge in [-0.1, -0.05) is 55.0 Å². The molecule has 1 N–H and O–H groups in total. The molecule has 0 unspecified atom stereocenters. The number of hydrogen-bond donors (Lipinski definition) is 1. The molecule has 0 radical (unpaired) electrons. The zero-order valence-electron chi connectivity index (χ0n) is 25.0. The van der Waals surface area contributed by atoms with E-state index in [1.807, 2.05) is 65.8 Å². The average Bonchev–Trinajstić information content (AvgIpc) is 2.91. The Morgan fingerprint density at radius 3 is 2.22 bits per heavy atom. The van der Waals surface area contributed by atoms with Crippen molar-refractivity contribution in [1.29, 1.82) is 0 Å². The van der Waals surface area contributed by atoms with Crippen molar-refractivity contribution in [1.82, 2.24) is 10.2 Å². The molecule has 41 heavy (non-hydrogen) atoms. The van der Waals surface area contributed by atoms with Crippen molar-refractivity contribution in [2.24, 2.45) is 0 Å². The molecular weight excluding hydrogens is 538 g/mol. The van der Waals surface area contributed by atoms with E-state index in [0.717, 1.165) is 15.4 Å². The summed E-state index contributed by atoms with van der Waals surface area (Å²) in [5, 5.41) is 2.98. The fraction of sp³-hybridized carbons (Fsp3) is 0.375. The lowest BCUT2D eigenvalue weighted by molar-refractivity contribution is -0.141. The Bertz CT molecular complexity index is 1470. The lowest BCUT2D eigenvalue weighted by Gasteiger charge is -2.35. The van der Waals surface area contributed by atoms with Crippen LogP contribution in [-0.2, 0) is 26.2 Å². The summed E-state index contributed by atoms with van der Waals surface area (Å²) >= 11 is 0. The predicted octanol–water partition coefficient (Wildman–Crippen LogP) is 5.23. The molecule has 3 aromatic rings. The fourth-order valence-corrected chi connectivity index (χ4v) is 6.16. The number of ether oxygens (including phenoxy) is 1. The van der Waals surface area contributed by atoms with Crippen molar-refractivity contribution >= 4 is 27.5 Å². The van der Waals surface area contributed by atoms with Crippen LogP contribution in [0.4, 0.5) is 5.69 Å². The predicted molar refractivity (Wildman–Crippen MR) is 162 cm³/mol. The van der Waals surface area contributed by atoms with E-state index >= 15 is 0 Å². The number of nitrogens with one attached hydrogen (secondary N) is 1. The van der Waals surface area contributed by atoms with Gasteiger partial charge in [-0.3, -0.25) is 13.9 Å². The molecule has 0 aliphatic rings. The first kappa shape index (κ1) is 31.7. The van der Waals surface area contributed by atoms with Crippen molar-refractivity contribution in [2.45, 2.75) is 71.0 Å². The van der Waals surface area contributed by atoms with E-state index in [2.05, 4.69) is 5.32 Å². The quantitative estimate of drug-likeness (QED) is 0.336. The maximum Gasteiger partial charge on any atom is 0.264 e. The molecule has 9 heteroatoms. The number of aryl methyl sites for hydroxylation is 2. The Hall–Kier alpha value is -3.85. The molecule has 0 aliphatic heterocycles. The number of benzene rings is 3. The van der Waals surface area contributed by atoms with E-state index in [9.17, 15) is 18.0 Å². The summed E-state index contributed by atoms with van der Waals surface area (Å²) in [7, 11) is -2.56. The van der Waals surface area contributed by atoms with Gasteiger partial charge in [-0.05, 0) is 82.5 Å². The number of rotatable bonds is 11. The van der Waals surface area contributed by atoms with Gasteiger partial charge in [0.1, 0.15) is 18.3 Å². The highest BCUT2D eigenvalue weighted by Crippen LogP contribution is 2.28. The second kappa shape index (κ2) is 13.2. The average molecular weight is 580 g/mol. The first-order valence-corrected chi connectivity index (χ1v) is 15.1. The molecule has 3 aromatic carbocycles. The van der Waals surface area contributed by atoms with E-state index in [-0.39, 0.29) is 17.3 Å². The van der Waals surface area contributed by atoms with E-state index in [0.29, 0.717) is 23.4 Å². The minimum atomic E-state index is -4.12. The SMILES string of the molecule is CC[C@@H](C(=O)NC(C)(C)C)N(Cc1cccc(OC)c1)C(=O)CN(c1ccc(C)cc1C)S(=O)(=O)c1ccccc1. The number of methoxy groups -OCH3 is 1. The summed E-state index contributed by atoms with van der Waals surface area (Å²) in [5.74, 6) is -0.186. The highest BCUT2D eigenvalue weighted by atomic mass is 32.2. The van der Waals surface area contributed by atoms with Crippen LogP contribution in [0.5, 0.6) is 5.75 Å². The molecule has 8 nitrogen and oxygen atoms in total. The van der Waals surface area contributed by atoms with Crippen LogP contribution in [-0.4, -0.2) is 50.4 Å². The largest absolute Gasteiger partial charge is 0.497 e. The summed E-state index contributed by atoms with van der Waals surface area (Å²) in [6.07, 6.45) is 0.340. The molecule has 0 saturated heterocycles. The van der Waals surface area contributed by atoms with Gasteiger partial charge in [0, 0.05) is 12.1 Å². The third kappa shape index (κ3) is 8.10. The molecule has 0 aromatic heterocycles. The van der Waals surface area contributed by atoms with Gasteiger partial charge in [0.05, 0.1) is 17.7 Å². The second-order valence-electron chi connectivity index (χ2n) is 11.2. The Morgan fingerprint density at radius 1 is 0.951 bits per heavy atom. The number of amides is 2. The number of hydrogen-bond acceptors (Lipinski definition) is 5. The highest BCUT2D eigenvalue weighted by Gasteiger charge is 2.35. The van der Waals surface area contributed by atoms with Crippen LogP contribution in [0.25, 0.3) is 0 Å². The summed E-state index contributed by atoms with van der Waals surface area (Å²) in [6, 6.07) is 19.9. The second-order valence-corrected chi connectivity index (χ2v) is 13.0. The topological polar surface area (TPSA) is 96.0 Å². The van der Waals surface area contributed by atoms with E-state index in [1.165, 1.54) is 17.0 Å². The lowest BCUT2D eigenvalue weighted by Crippen LogP contribution is -2.55. The Kier molecular flexibility index (Phi) is 10.2. The number of carbonyl (C=O) groups is 2. The van der Waals surface area contributed by atoms with Crippen LogP contribution in [0.1, 0.15) is 50.8 Å². The molecule has 2 amide bonds. The van der Waals surface area contributed by atoms with Gasteiger partial charge in [-0.15, -0.1) is 0 Å². The van der Waals surface area contributed by atoms with Crippen molar-refractivity contribution in [3.8, 4) is 5.75 Å². The van der Waals surface area contributed by atoms with Crippen LogP contribution in [0, 0.1) is 13.8 Å². The van der Waals surface area contributed by atoms with Crippen molar-refractivity contribution in [3.05, 3.63) is 89.5 Å². The van der Waals surface area contributed by atoms with E-state index in [1.54, 1.807) is 43.5 Å². The van der Waals surface area contributed by atoms with Gasteiger partial charge < -0.3 is 15.0 Å². The van der Waals surface area contributed by atoms with Crippen LogP contribution in [0.2, 0.25) is 0 Å². The number of nitrogens with zero attached hydrogens (tertiary/aromatic N) is 2. The number of anilines is 1. The van der Waals surface area contributed by atoms with Crippen molar-refractivity contribution in [2.75, 3.05) is 18.0 Å². The molecule has 0 saturated carbocycles. The minimum absolute atomic E-state index is 0.0737. The molecule has 1 atom stereocenters. The first-order chi connectivity index (χ1) is 19.3. The van der Waals surface area contributed by atoms with E-state index in [4.69, 9.17) is 4.74 Å². The van der Waals surface area contributed by atoms with Gasteiger partial charge >= 0.3 is 0 Å². The standard InChI is InChI=1S/C32H41N3O5S/c1-8-28(31(37)33-32(4,5)6)34(21-25-13-12-14-26(20-25)40-7)30(36)22-35(29-18-17-23(2)19-24(29)3)41(38,39)27-15-10-9-11-16-27/h9-20,28H,8,21-22H2,1-7H3,(H,33,37)/t28-/m0/s1. The zero-order valence-corrected chi connectivity index (χ0v) is 25.8. The normalized spacial score (nSPS) is 12.4. The Morgan fingerprint density at radius 2 is 1.63 bits per heavy atom. The molecule has 220 valence electrons. The zero-order chi connectivity index (χ0) is 30.4. The molecular formula is C32H41N3O5S. The summed E-state index contributed by atoms with van der Waals surface area (Å²) in [5.41, 5.74) is 2.33. The fourth-order valence-electron chi connectivity index (χ4n) is 4.66. The van der Waals surface area contributed by atoms with Gasteiger partial charge in [0.25, 0.3) is 10.0 Å². The summed E-state index contributed by atoms with van der Waals surface area (Å²) < 4.78 is 34.5. The molecule has 0 aliphatic carbocycles. The first-order valence-electron chi connectivity index (χ1n) is 13.7. The maximum atomic E-state index is 14.2. The Labute approximate surface area is 244 Å². The number of carbonyl (C=O) groups excluding carboxylic acids is 2. The molecule has 0 bridgehead atoms. The van der Waals surface area contributed by atoms with Crippen LogP contribution < -0.4 is 14.4 Å². The third-order valence-corrected chi connectivity index (χ3v) is 8.38. The smallest absolute Gasteiger partial charge is 0.264 e. The monoisotopic (exact) mass is 579 g/mol. The van der Waals surface area contributed by atoms with Crippen LogP contribution in [0.15, 0.2) is 77.7 Å².